The van der Waals surface area contributed by atoms with Gasteiger partial charge < -0.3 is 15.6 Å². The number of carbonyl (C=O) groups excluding carboxylic acids is 1. The summed E-state index contributed by atoms with van der Waals surface area (Å²) < 4.78 is 0. The van der Waals surface area contributed by atoms with Crippen LogP contribution in [0.4, 0.5) is 5.82 Å². The van der Waals surface area contributed by atoms with Crippen LogP contribution in [-0.2, 0) is 6.54 Å². The summed E-state index contributed by atoms with van der Waals surface area (Å²) in [5.41, 5.74) is 1.41. The Morgan fingerprint density at radius 3 is 2.89 bits per heavy atom. The molecule has 0 saturated heterocycles. The summed E-state index contributed by atoms with van der Waals surface area (Å²) in [5, 5.41) is 5.95. The number of hydrogen-bond donors (Lipinski definition) is 3. The maximum atomic E-state index is 11.9. The minimum absolute atomic E-state index is 0.149. The Bertz CT molecular complexity index is 506. The zero-order valence-corrected chi connectivity index (χ0v) is 10.8. The molecule has 6 heteroatoms. The Morgan fingerprint density at radius 2 is 2.26 bits per heavy atom. The second kappa shape index (κ2) is 6.53. The summed E-state index contributed by atoms with van der Waals surface area (Å²) in [5.74, 6) is 0.635. The maximum absolute atomic E-state index is 11.9. The summed E-state index contributed by atoms with van der Waals surface area (Å²) in [4.78, 5) is 22.9. The van der Waals surface area contributed by atoms with Gasteiger partial charge in [0.15, 0.2) is 0 Å². The molecular formula is C13H17N5O. The predicted octanol–water partition coefficient (Wildman–Crippen LogP) is 1.56. The van der Waals surface area contributed by atoms with E-state index in [1.807, 2.05) is 0 Å². The van der Waals surface area contributed by atoms with E-state index in [1.54, 1.807) is 30.9 Å². The monoisotopic (exact) mass is 259 g/mol. The van der Waals surface area contributed by atoms with Crippen molar-refractivity contribution in [1.29, 1.82) is 0 Å². The van der Waals surface area contributed by atoms with E-state index in [9.17, 15) is 4.79 Å². The summed E-state index contributed by atoms with van der Waals surface area (Å²) in [6, 6.07) is 3.56. The number of rotatable bonds is 6. The van der Waals surface area contributed by atoms with Gasteiger partial charge in [0.2, 0.25) is 0 Å². The molecule has 0 spiro atoms. The van der Waals surface area contributed by atoms with Gasteiger partial charge in [-0.25, -0.2) is 9.97 Å². The van der Waals surface area contributed by atoms with Crippen molar-refractivity contribution in [1.82, 2.24) is 20.3 Å². The highest BCUT2D eigenvalue weighted by atomic mass is 16.1. The van der Waals surface area contributed by atoms with Gasteiger partial charge in [-0.1, -0.05) is 6.92 Å². The quantitative estimate of drug-likeness (QED) is 0.735. The molecule has 2 aromatic rings. The Hall–Kier alpha value is -2.37. The first-order valence-corrected chi connectivity index (χ1v) is 6.25. The third kappa shape index (κ3) is 3.80. The molecule has 2 heterocycles. The molecule has 0 radical (unpaired) electrons. The van der Waals surface area contributed by atoms with Crippen molar-refractivity contribution in [2.45, 2.75) is 19.9 Å². The number of hydrogen-bond acceptors (Lipinski definition) is 4. The van der Waals surface area contributed by atoms with Crippen LogP contribution in [0, 0.1) is 0 Å². The fraction of sp³-hybridized carbons (Fsp3) is 0.308. The van der Waals surface area contributed by atoms with Crippen LogP contribution in [0.1, 0.15) is 29.4 Å². The molecule has 0 aromatic carbocycles. The second-order valence-corrected chi connectivity index (χ2v) is 4.12. The molecule has 0 saturated carbocycles. The number of aromatic nitrogens is 3. The van der Waals surface area contributed by atoms with E-state index in [0.717, 1.165) is 24.5 Å². The van der Waals surface area contributed by atoms with E-state index in [-0.39, 0.29) is 5.91 Å². The molecule has 0 unspecified atom stereocenters. The first-order valence-electron chi connectivity index (χ1n) is 6.25. The lowest BCUT2D eigenvalue weighted by atomic mass is 10.2. The number of nitrogens with one attached hydrogen (secondary N) is 3. The lowest BCUT2D eigenvalue weighted by Crippen LogP contribution is -2.23. The van der Waals surface area contributed by atoms with E-state index in [4.69, 9.17) is 0 Å². The number of aromatic amines is 1. The summed E-state index contributed by atoms with van der Waals surface area (Å²) in [7, 11) is 0. The van der Waals surface area contributed by atoms with Crippen LogP contribution in [0.3, 0.4) is 0 Å². The Morgan fingerprint density at radius 1 is 1.37 bits per heavy atom. The smallest absolute Gasteiger partial charge is 0.253 e. The number of nitrogens with zero attached hydrogens (tertiary/aromatic N) is 2. The number of amides is 1. The molecule has 6 nitrogen and oxygen atoms in total. The van der Waals surface area contributed by atoms with Crippen LogP contribution >= 0.6 is 0 Å². The third-order valence-corrected chi connectivity index (χ3v) is 2.58. The van der Waals surface area contributed by atoms with Crippen LogP contribution in [0.2, 0.25) is 0 Å². The Balaban J connectivity index is 1.88. The maximum Gasteiger partial charge on any atom is 0.253 e. The standard InChI is InChI=1S/C13H17N5O/c1-2-5-15-12-4-3-10(6-16-12)13(19)17-8-11-7-14-9-18-11/h3-4,6-7,9H,2,5,8H2,1H3,(H,14,18)(H,15,16)(H,17,19). The fourth-order valence-electron chi connectivity index (χ4n) is 1.54. The van der Waals surface area contributed by atoms with Gasteiger partial charge in [-0.2, -0.15) is 0 Å². The molecule has 2 rings (SSSR count). The highest BCUT2D eigenvalue weighted by molar-refractivity contribution is 5.93. The molecule has 0 fully saturated rings. The summed E-state index contributed by atoms with van der Waals surface area (Å²) >= 11 is 0. The predicted molar refractivity (Wildman–Crippen MR) is 72.8 cm³/mol. The average Bonchev–Trinajstić information content (AvgIpc) is 2.96. The lowest BCUT2D eigenvalue weighted by molar-refractivity contribution is 0.0950. The first-order chi connectivity index (χ1) is 9.29. The zero-order valence-electron chi connectivity index (χ0n) is 10.8. The number of pyridine rings is 1. The molecule has 3 N–H and O–H groups in total. The van der Waals surface area contributed by atoms with E-state index >= 15 is 0 Å². The molecule has 1 amide bonds. The second-order valence-electron chi connectivity index (χ2n) is 4.12. The summed E-state index contributed by atoms with van der Waals surface area (Å²) in [6.45, 7) is 3.39. The van der Waals surface area contributed by atoms with Crippen LogP contribution in [0.5, 0.6) is 0 Å². The summed E-state index contributed by atoms with van der Waals surface area (Å²) in [6.07, 6.45) is 5.86. The van der Waals surface area contributed by atoms with Crippen molar-refractivity contribution in [3.8, 4) is 0 Å². The van der Waals surface area contributed by atoms with Gasteiger partial charge in [0.25, 0.3) is 5.91 Å². The van der Waals surface area contributed by atoms with E-state index in [1.165, 1.54) is 0 Å². The van der Waals surface area contributed by atoms with Gasteiger partial charge in [-0.3, -0.25) is 4.79 Å². The molecule has 0 bridgehead atoms. The molecule has 19 heavy (non-hydrogen) atoms. The van der Waals surface area contributed by atoms with Crippen LogP contribution in [0.25, 0.3) is 0 Å². The Kier molecular flexibility index (Phi) is 4.49. The van der Waals surface area contributed by atoms with Gasteiger partial charge >= 0.3 is 0 Å². The molecule has 100 valence electrons. The molecule has 0 atom stereocenters. The van der Waals surface area contributed by atoms with Crippen LogP contribution in [0.15, 0.2) is 30.9 Å². The molecule has 2 aromatic heterocycles. The van der Waals surface area contributed by atoms with Crippen molar-refractivity contribution in [3.05, 3.63) is 42.1 Å². The molecular weight excluding hydrogens is 242 g/mol. The van der Waals surface area contributed by atoms with Gasteiger partial charge in [0, 0.05) is 18.9 Å². The minimum atomic E-state index is -0.149. The topological polar surface area (TPSA) is 82.7 Å². The molecule has 0 aliphatic carbocycles. The zero-order chi connectivity index (χ0) is 13.5. The average molecular weight is 259 g/mol. The van der Waals surface area contributed by atoms with Gasteiger partial charge in [0.05, 0.1) is 24.1 Å². The number of imidazole rings is 1. The molecule has 0 aliphatic heterocycles. The fourth-order valence-corrected chi connectivity index (χ4v) is 1.54. The van der Waals surface area contributed by atoms with Crippen LogP contribution < -0.4 is 10.6 Å². The van der Waals surface area contributed by atoms with Gasteiger partial charge in [-0.15, -0.1) is 0 Å². The first kappa shape index (κ1) is 13.1. The van der Waals surface area contributed by atoms with Crippen molar-refractivity contribution in [2.75, 3.05) is 11.9 Å². The van der Waals surface area contributed by atoms with Crippen molar-refractivity contribution < 1.29 is 4.79 Å². The van der Waals surface area contributed by atoms with Crippen LogP contribution in [-0.4, -0.2) is 27.4 Å². The van der Waals surface area contributed by atoms with Crippen molar-refractivity contribution in [3.63, 3.8) is 0 Å². The van der Waals surface area contributed by atoms with Crippen molar-refractivity contribution in [2.24, 2.45) is 0 Å². The number of H-pyrrole nitrogens is 1. The molecule has 0 aliphatic rings. The SMILES string of the molecule is CCCNc1ccc(C(=O)NCc2cnc[nH]2)cn1. The highest BCUT2D eigenvalue weighted by Crippen LogP contribution is 2.05. The third-order valence-electron chi connectivity index (χ3n) is 2.58. The minimum Gasteiger partial charge on any atom is -0.370 e. The van der Waals surface area contributed by atoms with Gasteiger partial charge in [-0.05, 0) is 18.6 Å². The number of anilines is 1. The highest BCUT2D eigenvalue weighted by Gasteiger charge is 2.06. The lowest BCUT2D eigenvalue weighted by Gasteiger charge is -2.06. The Labute approximate surface area is 111 Å². The largest absolute Gasteiger partial charge is 0.370 e. The van der Waals surface area contributed by atoms with Crippen molar-refractivity contribution >= 4 is 11.7 Å². The van der Waals surface area contributed by atoms with E-state index < -0.39 is 0 Å². The van der Waals surface area contributed by atoms with E-state index in [0.29, 0.717) is 12.1 Å². The van der Waals surface area contributed by atoms with Gasteiger partial charge in [0.1, 0.15) is 5.82 Å². The normalized spacial score (nSPS) is 10.2. The number of carbonyl (C=O) groups is 1. The van der Waals surface area contributed by atoms with E-state index in [2.05, 4.69) is 32.5 Å².